The number of amides is 1. The molecule has 7 nitrogen and oxygen atoms in total. The number of benzene rings is 1. The third kappa shape index (κ3) is 2.53. The molecule has 1 amide bonds. The Hall–Kier alpha value is -2.28. The molecule has 0 radical (unpaired) electrons. The van der Waals surface area contributed by atoms with Gasteiger partial charge in [0.2, 0.25) is 0 Å². The van der Waals surface area contributed by atoms with E-state index in [1.54, 1.807) is 4.68 Å². The second-order valence-electron chi connectivity index (χ2n) is 4.90. The van der Waals surface area contributed by atoms with Crippen LogP contribution in [0.15, 0.2) is 30.6 Å². The topological polar surface area (TPSA) is 67.2 Å². The molecule has 1 fully saturated rings. The highest BCUT2D eigenvalue weighted by molar-refractivity contribution is 5.94. The lowest BCUT2D eigenvalue weighted by atomic mass is 10.1. The van der Waals surface area contributed by atoms with Gasteiger partial charge in [-0.05, 0) is 35.7 Å². The zero-order valence-corrected chi connectivity index (χ0v) is 11.3. The van der Waals surface area contributed by atoms with Gasteiger partial charge in [-0.3, -0.25) is 4.79 Å². The van der Waals surface area contributed by atoms with Crippen LogP contribution in [0, 0.1) is 0 Å². The molecule has 1 aliphatic rings. The molecule has 20 heavy (non-hydrogen) atoms. The van der Waals surface area contributed by atoms with E-state index in [1.165, 1.54) is 6.33 Å². The summed E-state index contributed by atoms with van der Waals surface area (Å²) in [4.78, 5) is 16.6. The van der Waals surface area contributed by atoms with Gasteiger partial charge in [0, 0.05) is 31.7 Å². The van der Waals surface area contributed by atoms with Crippen molar-refractivity contribution >= 4 is 5.91 Å². The predicted octanol–water partition coefficient (Wildman–Crippen LogP) is 0.0499. The molecule has 2 aromatic rings. The number of carbonyl (C=O) groups is 1. The SMILES string of the molecule is CN1CCN(C(=O)c2cccc(-n3cnnn3)c2)CC1. The van der Waals surface area contributed by atoms with Gasteiger partial charge >= 0.3 is 0 Å². The maximum atomic E-state index is 12.5. The number of likely N-dealkylation sites (N-methyl/N-ethyl adjacent to an activating group) is 1. The Balaban J connectivity index is 1.80. The Morgan fingerprint density at radius 1 is 1.20 bits per heavy atom. The van der Waals surface area contributed by atoms with E-state index in [2.05, 4.69) is 27.5 Å². The summed E-state index contributed by atoms with van der Waals surface area (Å²) in [6.45, 7) is 3.37. The maximum Gasteiger partial charge on any atom is 0.254 e. The zero-order chi connectivity index (χ0) is 13.9. The monoisotopic (exact) mass is 272 g/mol. The lowest BCUT2D eigenvalue weighted by Crippen LogP contribution is -2.47. The molecule has 1 saturated heterocycles. The van der Waals surface area contributed by atoms with Gasteiger partial charge in [-0.2, -0.15) is 0 Å². The van der Waals surface area contributed by atoms with E-state index >= 15 is 0 Å². The average Bonchev–Trinajstić information content (AvgIpc) is 3.02. The maximum absolute atomic E-state index is 12.5. The summed E-state index contributed by atoms with van der Waals surface area (Å²) >= 11 is 0. The summed E-state index contributed by atoms with van der Waals surface area (Å²) in [5.74, 6) is 0.0630. The summed E-state index contributed by atoms with van der Waals surface area (Å²) in [5, 5.41) is 11.0. The highest BCUT2D eigenvalue weighted by atomic mass is 16.2. The molecule has 0 spiro atoms. The van der Waals surface area contributed by atoms with Gasteiger partial charge in [-0.25, -0.2) is 4.68 Å². The fourth-order valence-corrected chi connectivity index (χ4v) is 2.25. The fraction of sp³-hybridized carbons (Fsp3) is 0.385. The lowest BCUT2D eigenvalue weighted by Gasteiger charge is -2.32. The highest BCUT2D eigenvalue weighted by Crippen LogP contribution is 2.12. The van der Waals surface area contributed by atoms with Crippen LogP contribution in [-0.2, 0) is 0 Å². The first-order chi connectivity index (χ1) is 9.74. The summed E-state index contributed by atoms with van der Waals surface area (Å²) < 4.78 is 1.54. The van der Waals surface area contributed by atoms with Gasteiger partial charge in [-0.1, -0.05) is 6.07 Å². The number of piperazine rings is 1. The van der Waals surface area contributed by atoms with Gasteiger partial charge in [0.25, 0.3) is 5.91 Å². The Morgan fingerprint density at radius 2 is 2.00 bits per heavy atom. The summed E-state index contributed by atoms with van der Waals surface area (Å²) in [6.07, 6.45) is 1.51. The molecule has 2 heterocycles. The van der Waals surface area contributed by atoms with Crippen LogP contribution >= 0.6 is 0 Å². The molecular weight excluding hydrogens is 256 g/mol. The fourth-order valence-electron chi connectivity index (χ4n) is 2.25. The van der Waals surface area contributed by atoms with Crippen LogP contribution in [0.25, 0.3) is 5.69 Å². The summed E-state index contributed by atoms with van der Waals surface area (Å²) in [7, 11) is 2.07. The van der Waals surface area contributed by atoms with Crippen molar-refractivity contribution in [2.24, 2.45) is 0 Å². The molecule has 0 atom stereocenters. The van der Waals surface area contributed by atoms with Gasteiger partial charge in [0.15, 0.2) is 0 Å². The number of hydrogen-bond donors (Lipinski definition) is 0. The first kappa shape index (κ1) is 12.7. The molecule has 1 aliphatic heterocycles. The van der Waals surface area contributed by atoms with Crippen molar-refractivity contribution in [3.63, 3.8) is 0 Å². The van der Waals surface area contributed by atoms with Crippen LogP contribution in [0.1, 0.15) is 10.4 Å². The Labute approximate surface area is 116 Å². The first-order valence-corrected chi connectivity index (χ1v) is 6.55. The quantitative estimate of drug-likeness (QED) is 0.773. The van der Waals surface area contributed by atoms with Crippen LogP contribution in [-0.4, -0.2) is 69.1 Å². The predicted molar refractivity (Wildman–Crippen MR) is 72.6 cm³/mol. The van der Waals surface area contributed by atoms with Gasteiger partial charge in [0.1, 0.15) is 6.33 Å². The van der Waals surface area contributed by atoms with Crippen molar-refractivity contribution in [1.82, 2.24) is 30.0 Å². The van der Waals surface area contributed by atoms with E-state index in [-0.39, 0.29) is 5.91 Å². The average molecular weight is 272 g/mol. The molecule has 1 aromatic carbocycles. The summed E-state index contributed by atoms with van der Waals surface area (Å²) in [5.41, 5.74) is 1.46. The largest absolute Gasteiger partial charge is 0.336 e. The lowest BCUT2D eigenvalue weighted by molar-refractivity contribution is 0.0664. The summed E-state index contributed by atoms with van der Waals surface area (Å²) in [6, 6.07) is 7.36. The van der Waals surface area contributed by atoms with Crippen LogP contribution < -0.4 is 0 Å². The Kier molecular flexibility index (Phi) is 3.42. The molecule has 1 aromatic heterocycles. The molecule has 0 aliphatic carbocycles. The zero-order valence-electron chi connectivity index (χ0n) is 11.3. The van der Waals surface area contributed by atoms with Crippen molar-refractivity contribution in [2.75, 3.05) is 33.2 Å². The van der Waals surface area contributed by atoms with Crippen molar-refractivity contribution in [2.45, 2.75) is 0 Å². The van der Waals surface area contributed by atoms with E-state index in [1.807, 2.05) is 29.2 Å². The number of nitrogens with zero attached hydrogens (tertiary/aromatic N) is 6. The number of aromatic nitrogens is 4. The third-order valence-electron chi connectivity index (χ3n) is 3.50. The van der Waals surface area contributed by atoms with E-state index in [0.29, 0.717) is 5.56 Å². The van der Waals surface area contributed by atoms with Crippen molar-refractivity contribution < 1.29 is 4.79 Å². The number of hydrogen-bond acceptors (Lipinski definition) is 5. The highest BCUT2D eigenvalue weighted by Gasteiger charge is 2.20. The van der Waals surface area contributed by atoms with E-state index < -0.39 is 0 Å². The molecule has 0 unspecified atom stereocenters. The van der Waals surface area contributed by atoms with Crippen LogP contribution in [0.3, 0.4) is 0 Å². The van der Waals surface area contributed by atoms with Gasteiger partial charge in [-0.15, -0.1) is 5.10 Å². The minimum atomic E-state index is 0.0630. The van der Waals surface area contributed by atoms with E-state index in [4.69, 9.17) is 0 Å². The first-order valence-electron chi connectivity index (χ1n) is 6.55. The molecular formula is C13H16N6O. The second-order valence-corrected chi connectivity index (χ2v) is 4.90. The van der Waals surface area contributed by atoms with Gasteiger partial charge in [0.05, 0.1) is 5.69 Å². The minimum Gasteiger partial charge on any atom is -0.336 e. The van der Waals surface area contributed by atoms with Crippen molar-refractivity contribution in [1.29, 1.82) is 0 Å². The Bertz CT molecular complexity index is 589. The van der Waals surface area contributed by atoms with E-state index in [0.717, 1.165) is 31.9 Å². The molecule has 0 saturated carbocycles. The van der Waals surface area contributed by atoms with Crippen LogP contribution in [0.4, 0.5) is 0 Å². The normalized spacial score (nSPS) is 16.4. The molecule has 7 heteroatoms. The Morgan fingerprint density at radius 3 is 2.70 bits per heavy atom. The standard InChI is InChI=1S/C13H16N6O/c1-17-5-7-18(8-6-17)13(20)11-3-2-4-12(9-11)19-10-14-15-16-19/h2-4,9-10H,5-8H2,1H3. The number of rotatable bonds is 2. The van der Waals surface area contributed by atoms with Gasteiger partial charge < -0.3 is 9.80 Å². The minimum absolute atomic E-state index is 0.0630. The van der Waals surface area contributed by atoms with Crippen molar-refractivity contribution in [3.8, 4) is 5.69 Å². The smallest absolute Gasteiger partial charge is 0.254 e. The molecule has 0 bridgehead atoms. The number of carbonyl (C=O) groups excluding carboxylic acids is 1. The van der Waals surface area contributed by atoms with E-state index in [9.17, 15) is 4.79 Å². The third-order valence-corrected chi connectivity index (χ3v) is 3.50. The molecule has 104 valence electrons. The number of tetrazole rings is 1. The van der Waals surface area contributed by atoms with Crippen LogP contribution in [0.5, 0.6) is 0 Å². The molecule has 0 N–H and O–H groups in total. The second kappa shape index (κ2) is 5.38. The van der Waals surface area contributed by atoms with Crippen LogP contribution in [0.2, 0.25) is 0 Å². The van der Waals surface area contributed by atoms with Crippen molar-refractivity contribution in [3.05, 3.63) is 36.2 Å². The molecule has 3 rings (SSSR count).